The van der Waals surface area contributed by atoms with Crippen LogP contribution in [0.5, 0.6) is 11.5 Å². The summed E-state index contributed by atoms with van der Waals surface area (Å²) in [5.41, 5.74) is 3.86. The Morgan fingerprint density at radius 3 is 2.56 bits per heavy atom. The van der Waals surface area contributed by atoms with Crippen molar-refractivity contribution in [2.24, 2.45) is 0 Å². The van der Waals surface area contributed by atoms with E-state index in [0.29, 0.717) is 34.3 Å². The zero-order chi connectivity index (χ0) is 25.7. The molecule has 36 heavy (non-hydrogen) atoms. The van der Waals surface area contributed by atoms with E-state index < -0.39 is 0 Å². The van der Waals surface area contributed by atoms with Gasteiger partial charge in [-0.25, -0.2) is 9.97 Å². The molecule has 8 nitrogen and oxygen atoms in total. The second kappa shape index (κ2) is 11.6. The van der Waals surface area contributed by atoms with Gasteiger partial charge in [0.15, 0.2) is 0 Å². The van der Waals surface area contributed by atoms with Crippen molar-refractivity contribution in [3.05, 3.63) is 70.6 Å². The number of anilines is 2. The second-order valence-corrected chi connectivity index (χ2v) is 9.31. The molecule has 1 amide bonds. The standard InChI is InChI=1S/C27H32ClN5O3/c1-31-8-10-33(11-9-31)22-7-5-6-19(13-22)12-21-16-25(30-18-29-21)32(2)26(34)15-20-14-23(35-3)17-24(36-4)27(20)28/h5-7,13-14,16-18H,8-12,15H2,1-4H3. The first-order chi connectivity index (χ1) is 17.4. The molecule has 0 N–H and O–H groups in total. The van der Waals surface area contributed by atoms with Crippen molar-refractivity contribution in [1.82, 2.24) is 14.9 Å². The highest BCUT2D eigenvalue weighted by atomic mass is 35.5. The predicted octanol–water partition coefficient (Wildman–Crippen LogP) is 3.70. The third-order valence-electron chi connectivity index (χ3n) is 6.48. The van der Waals surface area contributed by atoms with Gasteiger partial charge in [-0.2, -0.15) is 0 Å². The maximum Gasteiger partial charge on any atom is 0.232 e. The van der Waals surface area contributed by atoms with E-state index in [1.54, 1.807) is 26.3 Å². The number of amides is 1. The number of methoxy groups -OCH3 is 2. The molecular weight excluding hydrogens is 478 g/mol. The lowest BCUT2D eigenvalue weighted by Gasteiger charge is -2.34. The highest BCUT2D eigenvalue weighted by Crippen LogP contribution is 2.33. The maximum absolute atomic E-state index is 13.1. The molecule has 1 fully saturated rings. The summed E-state index contributed by atoms with van der Waals surface area (Å²) in [6.07, 6.45) is 2.23. The molecule has 190 valence electrons. The summed E-state index contributed by atoms with van der Waals surface area (Å²) in [6.45, 7) is 4.17. The monoisotopic (exact) mass is 509 g/mol. The van der Waals surface area contributed by atoms with Crippen LogP contribution < -0.4 is 19.3 Å². The molecule has 9 heteroatoms. The molecule has 0 atom stereocenters. The van der Waals surface area contributed by atoms with Crippen molar-refractivity contribution in [1.29, 1.82) is 0 Å². The molecule has 2 aromatic carbocycles. The normalized spacial score (nSPS) is 14.0. The van der Waals surface area contributed by atoms with E-state index >= 15 is 0 Å². The molecule has 1 aliphatic heterocycles. The van der Waals surface area contributed by atoms with Gasteiger partial charge < -0.3 is 19.3 Å². The van der Waals surface area contributed by atoms with Crippen molar-refractivity contribution in [3.63, 3.8) is 0 Å². The number of likely N-dealkylation sites (N-methyl/N-ethyl adjacent to an activating group) is 2. The molecule has 0 saturated carbocycles. The SMILES string of the molecule is COc1cc(CC(=O)N(C)c2cc(Cc3cccc(N4CCN(C)CC4)c3)ncn2)c(Cl)c(OC)c1. The van der Waals surface area contributed by atoms with Crippen LogP contribution in [-0.4, -0.2) is 75.3 Å². The molecule has 3 aromatic rings. The van der Waals surface area contributed by atoms with Crippen LogP contribution in [0.2, 0.25) is 5.02 Å². The fourth-order valence-corrected chi connectivity index (χ4v) is 4.49. The van der Waals surface area contributed by atoms with Gasteiger partial charge in [0.2, 0.25) is 5.91 Å². The number of hydrogen-bond acceptors (Lipinski definition) is 7. The summed E-state index contributed by atoms with van der Waals surface area (Å²) >= 11 is 6.44. The molecule has 0 unspecified atom stereocenters. The van der Waals surface area contributed by atoms with Crippen molar-refractivity contribution in [2.75, 3.05) is 64.3 Å². The quantitative estimate of drug-likeness (QED) is 0.458. The lowest BCUT2D eigenvalue weighted by Crippen LogP contribution is -2.44. The maximum atomic E-state index is 13.1. The number of halogens is 1. The molecule has 0 spiro atoms. The minimum absolute atomic E-state index is 0.0787. The largest absolute Gasteiger partial charge is 0.497 e. The van der Waals surface area contributed by atoms with Crippen LogP contribution in [0.25, 0.3) is 0 Å². The van der Waals surface area contributed by atoms with E-state index in [9.17, 15) is 4.79 Å². The Hall–Kier alpha value is -3.36. The van der Waals surface area contributed by atoms with E-state index in [0.717, 1.165) is 31.9 Å². The zero-order valence-corrected chi connectivity index (χ0v) is 22.0. The fourth-order valence-electron chi connectivity index (χ4n) is 4.23. The first kappa shape index (κ1) is 25.7. The minimum atomic E-state index is -0.158. The number of carbonyl (C=O) groups excluding carboxylic acids is 1. The Balaban J connectivity index is 1.46. The number of aromatic nitrogens is 2. The van der Waals surface area contributed by atoms with Gasteiger partial charge in [-0.05, 0) is 36.4 Å². The number of benzene rings is 2. The van der Waals surface area contributed by atoms with Crippen LogP contribution in [0.4, 0.5) is 11.5 Å². The van der Waals surface area contributed by atoms with Crippen LogP contribution in [0.1, 0.15) is 16.8 Å². The summed E-state index contributed by atoms with van der Waals surface area (Å²) in [5, 5.41) is 0.392. The smallest absolute Gasteiger partial charge is 0.232 e. The fraction of sp³-hybridized carbons (Fsp3) is 0.370. The number of rotatable bonds is 8. The van der Waals surface area contributed by atoms with Crippen molar-refractivity contribution in [2.45, 2.75) is 12.8 Å². The molecule has 0 aliphatic carbocycles. The van der Waals surface area contributed by atoms with Crippen molar-refractivity contribution in [3.8, 4) is 11.5 Å². The molecule has 0 bridgehead atoms. The van der Waals surface area contributed by atoms with E-state index in [1.807, 2.05) is 6.07 Å². The number of hydrogen-bond donors (Lipinski definition) is 0. The first-order valence-corrected chi connectivity index (χ1v) is 12.3. The van der Waals surface area contributed by atoms with Gasteiger partial charge >= 0.3 is 0 Å². The molecule has 2 heterocycles. The lowest BCUT2D eigenvalue weighted by molar-refractivity contribution is -0.117. The lowest BCUT2D eigenvalue weighted by atomic mass is 10.1. The third kappa shape index (κ3) is 6.06. The van der Waals surface area contributed by atoms with Gasteiger partial charge in [-0.3, -0.25) is 9.69 Å². The Morgan fingerprint density at radius 2 is 1.83 bits per heavy atom. The molecule has 4 rings (SSSR count). The van der Waals surface area contributed by atoms with Gasteiger partial charge in [0.05, 0.1) is 31.4 Å². The number of ether oxygens (including phenoxy) is 2. The summed E-state index contributed by atoms with van der Waals surface area (Å²) < 4.78 is 10.6. The van der Waals surface area contributed by atoms with E-state index in [-0.39, 0.29) is 12.3 Å². The van der Waals surface area contributed by atoms with Crippen molar-refractivity contribution < 1.29 is 14.3 Å². The van der Waals surface area contributed by atoms with E-state index in [1.165, 1.54) is 29.6 Å². The zero-order valence-electron chi connectivity index (χ0n) is 21.2. The van der Waals surface area contributed by atoms with Crippen LogP contribution in [0.15, 0.2) is 48.8 Å². The topological polar surface area (TPSA) is 71.0 Å². The molecule has 1 saturated heterocycles. The summed E-state index contributed by atoms with van der Waals surface area (Å²) in [4.78, 5) is 28.2. The van der Waals surface area contributed by atoms with E-state index in [2.05, 4.69) is 51.1 Å². The Morgan fingerprint density at radius 1 is 1.06 bits per heavy atom. The van der Waals surface area contributed by atoms with Crippen LogP contribution in [0, 0.1) is 0 Å². The van der Waals surface area contributed by atoms with Crippen LogP contribution >= 0.6 is 11.6 Å². The molecule has 1 aromatic heterocycles. The molecule has 1 aliphatic rings. The number of carbonyl (C=O) groups is 1. The highest BCUT2D eigenvalue weighted by molar-refractivity contribution is 6.33. The predicted molar refractivity (Wildman–Crippen MR) is 143 cm³/mol. The van der Waals surface area contributed by atoms with Crippen LogP contribution in [0.3, 0.4) is 0 Å². The summed E-state index contributed by atoms with van der Waals surface area (Å²) in [7, 11) is 6.95. The van der Waals surface area contributed by atoms with Gasteiger partial charge in [-0.1, -0.05) is 23.7 Å². The molecular formula is C27H32ClN5O3. The van der Waals surface area contributed by atoms with E-state index in [4.69, 9.17) is 21.1 Å². The summed E-state index contributed by atoms with van der Waals surface area (Å²) in [5.74, 6) is 1.41. The van der Waals surface area contributed by atoms with Crippen LogP contribution in [-0.2, 0) is 17.6 Å². The van der Waals surface area contributed by atoms with Gasteiger partial charge in [0, 0.05) is 57.5 Å². The van der Waals surface area contributed by atoms with Gasteiger partial charge in [-0.15, -0.1) is 0 Å². The highest BCUT2D eigenvalue weighted by Gasteiger charge is 2.19. The number of piperazine rings is 1. The Labute approximate surface area is 217 Å². The minimum Gasteiger partial charge on any atom is -0.497 e. The third-order valence-corrected chi connectivity index (χ3v) is 6.91. The van der Waals surface area contributed by atoms with Gasteiger partial charge in [0.1, 0.15) is 23.6 Å². The number of nitrogens with zero attached hydrogens (tertiary/aromatic N) is 5. The average molecular weight is 510 g/mol. The second-order valence-electron chi connectivity index (χ2n) is 8.94. The summed E-state index contributed by atoms with van der Waals surface area (Å²) in [6, 6.07) is 13.9. The van der Waals surface area contributed by atoms with Gasteiger partial charge in [0.25, 0.3) is 0 Å². The Bertz CT molecular complexity index is 1210. The molecule has 0 radical (unpaired) electrons. The average Bonchev–Trinajstić information content (AvgIpc) is 2.90. The Kier molecular flexibility index (Phi) is 8.28. The van der Waals surface area contributed by atoms with Crippen molar-refractivity contribution >= 4 is 29.0 Å². The first-order valence-electron chi connectivity index (χ1n) is 11.9.